The van der Waals surface area contributed by atoms with Gasteiger partial charge in [-0.15, -0.1) is 0 Å². The van der Waals surface area contributed by atoms with Crippen LogP contribution in [0.15, 0.2) is 12.2 Å². The SMILES string of the molecule is C=C1CC(O)CC[C@H]2OC(C)(C)O[C@@H]2C1. The number of rotatable bonds is 0. The lowest BCUT2D eigenvalue weighted by Gasteiger charge is -2.23. The first-order valence-electron chi connectivity index (χ1n) is 5.66. The highest BCUT2D eigenvalue weighted by Gasteiger charge is 2.41. The molecule has 1 aliphatic heterocycles. The third-order valence-electron chi connectivity index (χ3n) is 3.08. The number of aliphatic hydroxyl groups is 1. The Bertz CT molecular complexity index is 260. The van der Waals surface area contributed by atoms with E-state index in [4.69, 9.17) is 9.47 Å². The molecule has 1 saturated carbocycles. The average Bonchev–Trinajstić information content (AvgIpc) is 2.34. The molecular weight excluding hydrogens is 192 g/mol. The number of fused-ring (bicyclic) bond motifs is 1. The van der Waals surface area contributed by atoms with E-state index < -0.39 is 5.79 Å². The molecule has 1 N–H and O–H groups in total. The van der Waals surface area contributed by atoms with Crippen molar-refractivity contribution in [1.29, 1.82) is 0 Å². The van der Waals surface area contributed by atoms with Crippen molar-refractivity contribution in [2.75, 3.05) is 0 Å². The molecule has 1 saturated heterocycles. The Kier molecular flexibility index (Phi) is 2.88. The molecule has 86 valence electrons. The number of hydrogen-bond donors (Lipinski definition) is 1. The minimum Gasteiger partial charge on any atom is -0.393 e. The second kappa shape index (κ2) is 3.89. The van der Waals surface area contributed by atoms with Crippen LogP contribution in [-0.2, 0) is 9.47 Å². The normalized spacial score (nSPS) is 40.7. The van der Waals surface area contributed by atoms with Gasteiger partial charge in [0.15, 0.2) is 5.79 Å². The first-order chi connectivity index (χ1) is 6.96. The van der Waals surface area contributed by atoms with Crippen LogP contribution < -0.4 is 0 Å². The summed E-state index contributed by atoms with van der Waals surface area (Å²) in [5.41, 5.74) is 1.07. The van der Waals surface area contributed by atoms with Crippen LogP contribution in [-0.4, -0.2) is 29.2 Å². The Labute approximate surface area is 91.1 Å². The second-order valence-electron chi connectivity index (χ2n) is 5.10. The zero-order valence-corrected chi connectivity index (χ0v) is 9.53. The van der Waals surface area contributed by atoms with Crippen LogP contribution in [0.4, 0.5) is 0 Å². The van der Waals surface area contributed by atoms with Crippen LogP contribution in [0.3, 0.4) is 0 Å². The Hall–Kier alpha value is -0.380. The molecule has 3 nitrogen and oxygen atoms in total. The van der Waals surface area contributed by atoms with Crippen LogP contribution in [0.2, 0.25) is 0 Å². The van der Waals surface area contributed by atoms with Gasteiger partial charge in [-0.2, -0.15) is 0 Å². The maximum absolute atomic E-state index is 9.68. The van der Waals surface area contributed by atoms with Gasteiger partial charge in [-0.1, -0.05) is 12.2 Å². The fourth-order valence-electron chi connectivity index (χ4n) is 2.49. The molecule has 15 heavy (non-hydrogen) atoms. The van der Waals surface area contributed by atoms with E-state index in [9.17, 15) is 5.11 Å². The molecule has 0 radical (unpaired) electrons. The highest BCUT2D eigenvalue weighted by atomic mass is 16.7. The maximum atomic E-state index is 9.68. The predicted molar refractivity (Wildman–Crippen MR) is 57.4 cm³/mol. The molecule has 0 amide bonds. The van der Waals surface area contributed by atoms with Crippen molar-refractivity contribution < 1.29 is 14.6 Å². The quantitative estimate of drug-likeness (QED) is 0.624. The summed E-state index contributed by atoms with van der Waals surface area (Å²) >= 11 is 0. The van der Waals surface area contributed by atoms with Crippen LogP contribution in [0.25, 0.3) is 0 Å². The third-order valence-corrected chi connectivity index (χ3v) is 3.08. The lowest BCUT2D eigenvalue weighted by molar-refractivity contribution is -0.146. The number of ether oxygens (including phenoxy) is 2. The molecule has 1 aliphatic carbocycles. The summed E-state index contributed by atoms with van der Waals surface area (Å²) in [4.78, 5) is 0. The molecule has 0 aromatic rings. The monoisotopic (exact) mass is 212 g/mol. The van der Waals surface area contributed by atoms with Crippen LogP contribution >= 0.6 is 0 Å². The van der Waals surface area contributed by atoms with E-state index in [-0.39, 0.29) is 18.3 Å². The van der Waals surface area contributed by atoms with Crippen molar-refractivity contribution in [3.63, 3.8) is 0 Å². The van der Waals surface area contributed by atoms with Crippen molar-refractivity contribution in [3.8, 4) is 0 Å². The lowest BCUT2D eigenvalue weighted by Crippen LogP contribution is -2.27. The highest BCUT2D eigenvalue weighted by molar-refractivity contribution is 5.03. The topological polar surface area (TPSA) is 38.7 Å². The minimum atomic E-state index is -0.481. The third kappa shape index (κ3) is 2.60. The largest absolute Gasteiger partial charge is 0.393 e. The van der Waals surface area contributed by atoms with Gasteiger partial charge in [-0.25, -0.2) is 0 Å². The lowest BCUT2D eigenvalue weighted by atomic mass is 9.92. The summed E-state index contributed by atoms with van der Waals surface area (Å²) < 4.78 is 11.6. The summed E-state index contributed by atoms with van der Waals surface area (Å²) in [6.07, 6.45) is 3.15. The molecule has 3 atom stereocenters. The average molecular weight is 212 g/mol. The summed E-state index contributed by atoms with van der Waals surface area (Å²) in [7, 11) is 0. The molecule has 1 unspecified atom stereocenters. The Balaban J connectivity index is 2.06. The highest BCUT2D eigenvalue weighted by Crippen LogP contribution is 2.36. The fourth-order valence-corrected chi connectivity index (χ4v) is 2.49. The van der Waals surface area contributed by atoms with E-state index >= 15 is 0 Å². The van der Waals surface area contributed by atoms with Gasteiger partial charge in [-0.05, 0) is 39.5 Å². The van der Waals surface area contributed by atoms with Gasteiger partial charge in [0, 0.05) is 0 Å². The van der Waals surface area contributed by atoms with Crippen molar-refractivity contribution in [2.24, 2.45) is 0 Å². The first kappa shape index (κ1) is 11.1. The van der Waals surface area contributed by atoms with Crippen molar-refractivity contribution in [2.45, 2.75) is 63.6 Å². The van der Waals surface area contributed by atoms with Gasteiger partial charge in [0.2, 0.25) is 0 Å². The second-order valence-corrected chi connectivity index (χ2v) is 5.10. The van der Waals surface area contributed by atoms with Crippen molar-refractivity contribution in [1.82, 2.24) is 0 Å². The Morgan fingerprint density at radius 2 is 1.87 bits per heavy atom. The maximum Gasteiger partial charge on any atom is 0.163 e. The smallest absolute Gasteiger partial charge is 0.163 e. The predicted octanol–water partition coefficient (Wildman–Crippen LogP) is 2.00. The van der Waals surface area contributed by atoms with Gasteiger partial charge in [0.05, 0.1) is 18.3 Å². The van der Waals surface area contributed by atoms with Gasteiger partial charge >= 0.3 is 0 Å². The molecule has 0 spiro atoms. The standard InChI is InChI=1S/C12H20O3/c1-8-6-9(13)4-5-10-11(7-8)15-12(2,3)14-10/h9-11,13H,1,4-7H2,2-3H3/t9?,10-,11-/m1/s1. The molecule has 0 aromatic heterocycles. The van der Waals surface area contributed by atoms with Gasteiger partial charge in [-0.3, -0.25) is 0 Å². The van der Waals surface area contributed by atoms with E-state index in [1.165, 1.54) is 0 Å². The van der Waals surface area contributed by atoms with Crippen LogP contribution in [0.1, 0.15) is 39.5 Å². The molecule has 0 bridgehead atoms. The van der Waals surface area contributed by atoms with E-state index in [2.05, 4.69) is 6.58 Å². The van der Waals surface area contributed by atoms with Gasteiger partial charge < -0.3 is 14.6 Å². The van der Waals surface area contributed by atoms with E-state index in [1.807, 2.05) is 13.8 Å². The molecule has 1 heterocycles. The number of hydrogen-bond acceptors (Lipinski definition) is 3. The number of aliphatic hydroxyl groups excluding tert-OH is 1. The molecular formula is C12H20O3. The van der Waals surface area contributed by atoms with E-state index in [0.29, 0.717) is 6.42 Å². The Morgan fingerprint density at radius 3 is 2.60 bits per heavy atom. The van der Waals surface area contributed by atoms with Crippen molar-refractivity contribution >= 4 is 0 Å². The van der Waals surface area contributed by atoms with Gasteiger partial charge in [0.1, 0.15) is 0 Å². The fraction of sp³-hybridized carbons (Fsp3) is 0.833. The Morgan fingerprint density at radius 1 is 1.20 bits per heavy atom. The summed E-state index contributed by atoms with van der Waals surface area (Å²) in [6, 6.07) is 0. The molecule has 0 aromatic carbocycles. The summed E-state index contributed by atoms with van der Waals surface area (Å²) in [5.74, 6) is -0.481. The molecule has 2 aliphatic rings. The molecule has 2 rings (SSSR count). The van der Waals surface area contributed by atoms with Crippen molar-refractivity contribution in [3.05, 3.63) is 12.2 Å². The first-order valence-corrected chi connectivity index (χ1v) is 5.66. The van der Waals surface area contributed by atoms with Crippen LogP contribution in [0.5, 0.6) is 0 Å². The van der Waals surface area contributed by atoms with Crippen LogP contribution in [0, 0.1) is 0 Å². The summed E-state index contributed by atoms with van der Waals surface area (Å²) in [6.45, 7) is 7.86. The van der Waals surface area contributed by atoms with E-state index in [0.717, 1.165) is 24.8 Å². The van der Waals surface area contributed by atoms with Gasteiger partial charge in [0.25, 0.3) is 0 Å². The zero-order valence-electron chi connectivity index (χ0n) is 9.53. The summed E-state index contributed by atoms with van der Waals surface area (Å²) in [5, 5.41) is 9.68. The van der Waals surface area contributed by atoms with E-state index in [1.54, 1.807) is 0 Å². The molecule has 2 fully saturated rings. The minimum absolute atomic E-state index is 0.117. The molecule has 3 heteroatoms. The zero-order chi connectivity index (χ0) is 11.1.